The van der Waals surface area contributed by atoms with Gasteiger partial charge in [-0.05, 0) is 43.0 Å². The van der Waals surface area contributed by atoms with Gasteiger partial charge in [-0.2, -0.15) is 5.10 Å². The molecule has 1 aromatic heterocycles. The largest absolute Gasteiger partial charge is 0.349 e. The van der Waals surface area contributed by atoms with Crippen LogP contribution >= 0.6 is 0 Å². The number of hydrogen-bond acceptors (Lipinski definition) is 5. The quantitative estimate of drug-likeness (QED) is 0.906. The first-order chi connectivity index (χ1) is 11.7. The zero-order valence-electron chi connectivity index (χ0n) is 13.7. The summed E-state index contributed by atoms with van der Waals surface area (Å²) in [6.45, 7) is 4.78. The molecule has 3 heterocycles. The number of hydrogen-bond donors (Lipinski definition) is 2. The monoisotopic (exact) mass is 328 g/mol. The smallest absolute Gasteiger partial charge is 0.194 e. The number of benzene rings is 1. The Labute approximate surface area is 140 Å². The third-order valence-corrected chi connectivity index (χ3v) is 4.71. The average molecular weight is 328 g/mol. The Morgan fingerprint density at radius 3 is 2.96 bits per heavy atom. The van der Waals surface area contributed by atoms with Gasteiger partial charge in [0.15, 0.2) is 11.8 Å². The van der Waals surface area contributed by atoms with E-state index in [1.807, 2.05) is 0 Å². The molecule has 0 bridgehead atoms. The zero-order chi connectivity index (χ0) is 16.5. The molecule has 1 fully saturated rings. The van der Waals surface area contributed by atoms with Crippen molar-refractivity contribution in [2.45, 2.75) is 32.4 Å². The molecule has 2 N–H and O–H groups in total. The fourth-order valence-electron chi connectivity index (χ4n) is 3.36. The van der Waals surface area contributed by atoms with E-state index in [-0.39, 0.29) is 5.82 Å². The molecule has 2 aliphatic rings. The lowest BCUT2D eigenvalue weighted by atomic mass is 9.95. The molecule has 7 heteroatoms. The minimum absolute atomic E-state index is 0.263. The van der Waals surface area contributed by atoms with Crippen LogP contribution in [0.3, 0.4) is 0 Å². The van der Waals surface area contributed by atoms with Gasteiger partial charge in [-0.15, -0.1) is 0 Å². The van der Waals surface area contributed by atoms with E-state index >= 15 is 0 Å². The number of halogens is 1. The Balaban J connectivity index is 1.39. The number of nitrogens with one attached hydrogen (secondary N) is 2. The first-order valence-electron chi connectivity index (χ1n) is 8.41. The number of guanidine groups is 1. The fourth-order valence-corrected chi connectivity index (χ4v) is 3.36. The molecule has 0 spiro atoms. The van der Waals surface area contributed by atoms with Crippen LogP contribution in [0.1, 0.15) is 25.6 Å². The molecule has 0 amide bonds. The normalized spacial score (nSPS) is 23.1. The summed E-state index contributed by atoms with van der Waals surface area (Å²) in [7, 11) is 0. The van der Waals surface area contributed by atoms with Gasteiger partial charge in [0.05, 0.1) is 19.1 Å². The average Bonchev–Trinajstić information content (AvgIpc) is 3.20. The van der Waals surface area contributed by atoms with E-state index in [1.165, 1.54) is 25.0 Å². The van der Waals surface area contributed by atoms with Gasteiger partial charge >= 0.3 is 0 Å². The first-order valence-corrected chi connectivity index (χ1v) is 8.41. The second-order valence-corrected chi connectivity index (χ2v) is 6.62. The number of H-pyrrole nitrogens is 1. The molecule has 1 saturated heterocycles. The number of fused-ring (bicyclic) bond motifs is 1. The Bertz CT molecular complexity index is 738. The summed E-state index contributed by atoms with van der Waals surface area (Å²) in [6.07, 6.45) is 2.50. The van der Waals surface area contributed by atoms with Gasteiger partial charge in [-0.1, -0.05) is 6.92 Å². The highest BCUT2D eigenvalue weighted by atomic mass is 19.1. The predicted octanol–water partition coefficient (Wildman–Crippen LogP) is 2.17. The maximum atomic E-state index is 13.0. The molecular formula is C17H21FN6. The topological polar surface area (TPSA) is 69.2 Å². The number of aromatic nitrogens is 3. The Kier molecular flexibility index (Phi) is 3.92. The molecule has 4 rings (SSSR count). The Morgan fingerprint density at radius 1 is 1.29 bits per heavy atom. The SMILES string of the molecule is CC1CCC2CN=C(NCc3nc(-c4ccc(F)cc4)n[nH]3)N2C1. The van der Waals surface area contributed by atoms with Crippen LogP contribution in [0, 0.1) is 11.7 Å². The van der Waals surface area contributed by atoms with Gasteiger partial charge in [0.25, 0.3) is 0 Å². The molecule has 2 unspecified atom stereocenters. The molecule has 0 aliphatic carbocycles. The summed E-state index contributed by atoms with van der Waals surface area (Å²) in [4.78, 5) is 11.5. The highest BCUT2D eigenvalue weighted by Crippen LogP contribution is 2.25. The van der Waals surface area contributed by atoms with E-state index < -0.39 is 0 Å². The molecule has 6 nitrogen and oxygen atoms in total. The van der Waals surface area contributed by atoms with Crippen molar-refractivity contribution in [2.75, 3.05) is 13.1 Å². The van der Waals surface area contributed by atoms with Crippen LogP contribution in [0.25, 0.3) is 11.4 Å². The minimum Gasteiger partial charge on any atom is -0.349 e. The third kappa shape index (κ3) is 2.98. The summed E-state index contributed by atoms with van der Waals surface area (Å²) < 4.78 is 13.0. The van der Waals surface area contributed by atoms with Crippen molar-refractivity contribution in [3.8, 4) is 11.4 Å². The summed E-state index contributed by atoms with van der Waals surface area (Å²) in [6, 6.07) is 6.73. The standard InChI is InChI=1S/C17H21FN6/c1-11-2-7-14-8-19-17(24(14)10-11)20-9-15-21-16(23-22-15)12-3-5-13(18)6-4-12/h3-6,11,14H,2,7-10H2,1H3,(H,19,20)(H,21,22,23). The lowest BCUT2D eigenvalue weighted by Gasteiger charge is -2.35. The molecule has 24 heavy (non-hydrogen) atoms. The highest BCUT2D eigenvalue weighted by molar-refractivity contribution is 5.82. The second kappa shape index (κ2) is 6.22. The maximum absolute atomic E-state index is 13.0. The van der Waals surface area contributed by atoms with Gasteiger partial charge in [-0.25, -0.2) is 9.37 Å². The Hall–Kier alpha value is -2.44. The van der Waals surface area contributed by atoms with Gasteiger partial charge in [0.1, 0.15) is 11.6 Å². The lowest BCUT2D eigenvalue weighted by molar-refractivity contribution is 0.211. The molecule has 2 aromatic rings. The first kappa shape index (κ1) is 15.1. The van der Waals surface area contributed by atoms with Crippen molar-refractivity contribution < 1.29 is 4.39 Å². The van der Waals surface area contributed by atoms with Crippen LogP contribution in [0.5, 0.6) is 0 Å². The second-order valence-electron chi connectivity index (χ2n) is 6.62. The highest BCUT2D eigenvalue weighted by Gasteiger charge is 2.32. The summed E-state index contributed by atoms with van der Waals surface area (Å²) in [5, 5.41) is 10.5. The van der Waals surface area contributed by atoms with E-state index in [1.54, 1.807) is 12.1 Å². The van der Waals surface area contributed by atoms with Crippen LogP contribution in [-0.2, 0) is 6.54 Å². The predicted molar refractivity (Wildman–Crippen MR) is 89.8 cm³/mol. The number of piperidine rings is 1. The zero-order valence-corrected chi connectivity index (χ0v) is 13.7. The fraction of sp³-hybridized carbons (Fsp3) is 0.471. The van der Waals surface area contributed by atoms with E-state index in [4.69, 9.17) is 0 Å². The molecule has 0 saturated carbocycles. The van der Waals surface area contributed by atoms with Gasteiger partial charge < -0.3 is 10.2 Å². The van der Waals surface area contributed by atoms with Crippen LogP contribution in [0.15, 0.2) is 29.3 Å². The Morgan fingerprint density at radius 2 is 2.12 bits per heavy atom. The van der Waals surface area contributed by atoms with Crippen molar-refractivity contribution in [3.05, 3.63) is 35.9 Å². The molecule has 2 atom stereocenters. The van der Waals surface area contributed by atoms with Crippen LogP contribution < -0.4 is 5.32 Å². The van der Waals surface area contributed by atoms with Gasteiger partial charge in [-0.3, -0.25) is 10.1 Å². The van der Waals surface area contributed by atoms with Crippen molar-refractivity contribution >= 4 is 5.96 Å². The number of nitrogens with zero attached hydrogens (tertiary/aromatic N) is 4. The van der Waals surface area contributed by atoms with E-state index in [9.17, 15) is 4.39 Å². The molecule has 2 aliphatic heterocycles. The van der Waals surface area contributed by atoms with E-state index in [2.05, 4.69) is 37.3 Å². The minimum atomic E-state index is -0.263. The van der Waals surface area contributed by atoms with Crippen LogP contribution in [0.2, 0.25) is 0 Å². The van der Waals surface area contributed by atoms with E-state index in [0.29, 0.717) is 24.3 Å². The summed E-state index contributed by atoms with van der Waals surface area (Å²) >= 11 is 0. The van der Waals surface area contributed by atoms with Crippen LogP contribution in [0.4, 0.5) is 4.39 Å². The molecular weight excluding hydrogens is 307 g/mol. The number of aromatic amines is 1. The molecule has 0 radical (unpaired) electrons. The number of aliphatic imine (C=N–C) groups is 1. The maximum Gasteiger partial charge on any atom is 0.194 e. The van der Waals surface area contributed by atoms with E-state index in [0.717, 1.165) is 30.4 Å². The lowest BCUT2D eigenvalue weighted by Crippen LogP contribution is -2.48. The van der Waals surface area contributed by atoms with Crippen molar-refractivity contribution in [1.29, 1.82) is 0 Å². The van der Waals surface area contributed by atoms with Crippen LogP contribution in [-0.4, -0.2) is 45.2 Å². The van der Waals surface area contributed by atoms with Crippen molar-refractivity contribution in [3.63, 3.8) is 0 Å². The van der Waals surface area contributed by atoms with Crippen molar-refractivity contribution in [1.82, 2.24) is 25.4 Å². The van der Waals surface area contributed by atoms with Gasteiger partial charge in [0, 0.05) is 12.1 Å². The van der Waals surface area contributed by atoms with Crippen molar-refractivity contribution in [2.24, 2.45) is 10.9 Å². The van der Waals surface area contributed by atoms with Gasteiger partial charge in [0.2, 0.25) is 0 Å². The third-order valence-electron chi connectivity index (χ3n) is 4.71. The summed E-state index contributed by atoms with van der Waals surface area (Å²) in [5.74, 6) is 2.73. The summed E-state index contributed by atoms with van der Waals surface area (Å²) in [5.41, 5.74) is 0.794. The molecule has 1 aromatic carbocycles. The molecule has 126 valence electrons. The number of rotatable bonds is 3.